The number of aryl methyl sites for hydroxylation is 1. The van der Waals surface area contributed by atoms with Crippen molar-refractivity contribution in [3.8, 4) is 0 Å². The first-order valence-corrected chi connectivity index (χ1v) is 6.39. The van der Waals surface area contributed by atoms with Crippen LogP contribution >= 0.6 is 0 Å². The van der Waals surface area contributed by atoms with Gasteiger partial charge in [-0.2, -0.15) is 0 Å². The van der Waals surface area contributed by atoms with Crippen molar-refractivity contribution in [2.24, 2.45) is 0 Å². The van der Waals surface area contributed by atoms with Crippen molar-refractivity contribution in [1.29, 1.82) is 0 Å². The molecule has 0 saturated carbocycles. The van der Waals surface area contributed by atoms with Gasteiger partial charge in [-0.05, 0) is 24.6 Å². The lowest BCUT2D eigenvalue weighted by atomic mass is 10.2. The third kappa shape index (κ3) is 3.79. The predicted molar refractivity (Wildman–Crippen MR) is 73.8 cm³/mol. The number of carbonyl (C=O) groups excluding carboxylic acids is 1. The highest BCUT2D eigenvalue weighted by Crippen LogP contribution is 2.14. The summed E-state index contributed by atoms with van der Waals surface area (Å²) in [6, 6.07) is 6.08. The Bertz CT molecular complexity index is 575. The monoisotopic (exact) mass is 261 g/mol. The first-order chi connectivity index (χ1) is 9.04. The summed E-state index contributed by atoms with van der Waals surface area (Å²) >= 11 is 0. The molecule has 0 unspecified atom stereocenters. The molecule has 1 heterocycles. The summed E-state index contributed by atoms with van der Waals surface area (Å²) in [6.07, 6.45) is 0. The largest absolute Gasteiger partial charge is 0.460 e. The molecule has 2 aromatic rings. The van der Waals surface area contributed by atoms with Gasteiger partial charge in [0.15, 0.2) is 0 Å². The van der Waals surface area contributed by atoms with Crippen LogP contribution < -0.4 is 5.32 Å². The molecular weight excluding hydrogens is 242 g/mol. The van der Waals surface area contributed by atoms with Crippen LogP contribution in [0.5, 0.6) is 0 Å². The van der Waals surface area contributed by atoms with Crippen LogP contribution in [0.1, 0.15) is 25.2 Å². The minimum Gasteiger partial charge on any atom is -0.460 e. The zero-order valence-electron chi connectivity index (χ0n) is 11.5. The number of carbonyl (C=O) groups is 1. The predicted octanol–water partition coefficient (Wildman–Crippen LogP) is 1.91. The number of ether oxygens (including phenoxy) is 1. The number of nitrogens with one attached hydrogen (secondary N) is 2. The van der Waals surface area contributed by atoms with Crippen molar-refractivity contribution in [3.05, 3.63) is 29.6 Å². The summed E-state index contributed by atoms with van der Waals surface area (Å²) in [4.78, 5) is 19.0. The topological polar surface area (TPSA) is 67.0 Å². The van der Waals surface area contributed by atoms with Crippen molar-refractivity contribution < 1.29 is 9.53 Å². The molecule has 5 nitrogen and oxygen atoms in total. The van der Waals surface area contributed by atoms with E-state index in [0.717, 1.165) is 22.4 Å². The number of aromatic nitrogens is 2. The van der Waals surface area contributed by atoms with E-state index in [0.29, 0.717) is 0 Å². The van der Waals surface area contributed by atoms with E-state index < -0.39 is 0 Å². The van der Waals surface area contributed by atoms with Crippen LogP contribution in [-0.2, 0) is 16.1 Å². The van der Waals surface area contributed by atoms with Crippen molar-refractivity contribution in [2.45, 2.75) is 33.4 Å². The minimum atomic E-state index is -0.241. The van der Waals surface area contributed by atoms with Gasteiger partial charge in [0.1, 0.15) is 12.4 Å². The van der Waals surface area contributed by atoms with E-state index in [9.17, 15) is 4.79 Å². The van der Waals surface area contributed by atoms with Crippen LogP contribution in [-0.4, -0.2) is 28.5 Å². The zero-order valence-corrected chi connectivity index (χ0v) is 11.5. The molecule has 0 aliphatic heterocycles. The lowest BCUT2D eigenvalue weighted by molar-refractivity contribution is -0.143. The van der Waals surface area contributed by atoms with E-state index in [1.165, 1.54) is 0 Å². The summed E-state index contributed by atoms with van der Waals surface area (Å²) < 4.78 is 5.20. The van der Waals surface area contributed by atoms with E-state index in [-0.39, 0.29) is 25.2 Å². The summed E-state index contributed by atoms with van der Waals surface area (Å²) in [5.74, 6) is 0.639. The van der Waals surface area contributed by atoms with Gasteiger partial charge in [-0.15, -0.1) is 0 Å². The van der Waals surface area contributed by atoms with Crippen molar-refractivity contribution in [1.82, 2.24) is 15.3 Å². The average molecular weight is 261 g/mol. The SMILES string of the molecule is Cc1nc2ccc(COC(=O)CNC(C)C)cc2[nH]1. The summed E-state index contributed by atoms with van der Waals surface area (Å²) in [6.45, 7) is 6.41. The van der Waals surface area contributed by atoms with Crippen LogP contribution in [0, 0.1) is 6.92 Å². The highest BCUT2D eigenvalue weighted by molar-refractivity contribution is 5.76. The van der Waals surface area contributed by atoms with Gasteiger partial charge in [0.05, 0.1) is 17.6 Å². The lowest BCUT2D eigenvalue weighted by Gasteiger charge is -2.08. The smallest absolute Gasteiger partial charge is 0.320 e. The second-order valence-electron chi connectivity index (χ2n) is 4.87. The molecule has 0 bridgehead atoms. The third-order valence-electron chi connectivity index (χ3n) is 2.72. The van der Waals surface area contributed by atoms with Crippen molar-refractivity contribution in [2.75, 3.05) is 6.54 Å². The van der Waals surface area contributed by atoms with Crippen molar-refractivity contribution >= 4 is 17.0 Å². The zero-order chi connectivity index (χ0) is 13.8. The molecule has 0 atom stereocenters. The van der Waals surface area contributed by atoms with Gasteiger partial charge in [-0.1, -0.05) is 19.9 Å². The van der Waals surface area contributed by atoms with E-state index in [2.05, 4.69) is 15.3 Å². The van der Waals surface area contributed by atoms with Crippen LogP contribution in [0.3, 0.4) is 0 Å². The fourth-order valence-corrected chi connectivity index (χ4v) is 1.78. The molecule has 2 rings (SSSR count). The Hall–Kier alpha value is -1.88. The molecule has 0 aliphatic rings. The Morgan fingerprint density at radius 3 is 3.00 bits per heavy atom. The Labute approximate surface area is 112 Å². The van der Waals surface area contributed by atoms with E-state index in [1.54, 1.807) is 0 Å². The van der Waals surface area contributed by atoms with Gasteiger partial charge in [0, 0.05) is 6.04 Å². The Morgan fingerprint density at radius 1 is 1.47 bits per heavy atom. The number of esters is 1. The second-order valence-corrected chi connectivity index (χ2v) is 4.87. The molecule has 0 saturated heterocycles. The van der Waals surface area contributed by atoms with Gasteiger partial charge in [0.25, 0.3) is 0 Å². The molecular formula is C14H19N3O2. The molecule has 102 valence electrons. The molecule has 0 radical (unpaired) electrons. The van der Waals surface area contributed by atoms with E-state index in [4.69, 9.17) is 4.74 Å². The van der Waals surface area contributed by atoms with Gasteiger partial charge in [-0.25, -0.2) is 4.98 Å². The highest BCUT2D eigenvalue weighted by atomic mass is 16.5. The van der Waals surface area contributed by atoms with Gasteiger partial charge in [0.2, 0.25) is 0 Å². The number of fused-ring (bicyclic) bond motifs is 1. The number of imidazole rings is 1. The Kier molecular flexibility index (Phi) is 4.16. The van der Waals surface area contributed by atoms with Crippen molar-refractivity contribution in [3.63, 3.8) is 0 Å². The molecule has 5 heteroatoms. The number of benzene rings is 1. The number of hydrogen-bond acceptors (Lipinski definition) is 4. The Balaban J connectivity index is 1.92. The molecule has 0 fully saturated rings. The van der Waals surface area contributed by atoms with E-state index in [1.807, 2.05) is 39.0 Å². The molecule has 1 aromatic heterocycles. The molecule has 0 amide bonds. The summed E-state index contributed by atoms with van der Waals surface area (Å²) in [5, 5.41) is 3.02. The maximum absolute atomic E-state index is 11.5. The first-order valence-electron chi connectivity index (χ1n) is 6.39. The highest BCUT2D eigenvalue weighted by Gasteiger charge is 2.05. The average Bonchev–Trinajstić information content (AvgIpc) is 2.73. The normalized spacial score (nSPS) is 11.2. The maximum atomic E-state index is 11.5. The maximum Gasteiger partial charge on any atom is 0.320 e. The van der Waals surface area contributed by atoms with E-state index >= 15 is 0 Å². The molecule has 19 heavy (non-hydrogen) atoms. The third-order valence-corrected chi connectivity index (χ3v) is 2.72. The second kappa shape index (κ2) is 5.84. The van der Waals surface area contributed by atoms with Gasteiger partial charge >= 0.3 is 5.97 Å². The van der Waals surface area contributed by atoms with Crippen LogP contribution in [0.25, 0.3) is 11.0 Å². The number of aromatic amines is 1. The number of nitrogens with zero attached hydrogens (tertiary/aromatic N) is 1. The first kappa shape index (κ1) is 13.5. The number of H-pyrrole nitrogens is 1. The van der Waals surface area contributed by atoms with Crippen LogP contribution in [0.4, 0.5) is 0 Å². The molecule has 0 spiro atoms. The molecule has 2 N–H and O–H groups in total. The van der Waals surface area contributed by atoms with Gasteiger partial charge < -0.3 is 15.0 Å². The number of rotatable bonds is 5. The van der Waals surface area contributed by atoms with Gasteiger partial charge in [-0.3, -0.25) is 4.79 Å². The molecule has 0 aliphatic carbocycles. The quantitative estimate of drug-likeness (QED) is 0.807. The summed E-state index contributed by atoms with van der Waals surface area (Å²) in [5.41, 5.74) is 2.84. The Morgan fingerprint density at radius 2 is 2.26 bits per heavy atom. The fourth-order valence-electron chi connectivity index (χ4n) is 1.78. The fraction of sp³-hybridized carbons (Fsp3) is 0.429. The van der Waals surface area contributed by atoms with Crippen LogP contribution in [0.15, 0.2) is 18.2 Å². The summed E-state index contributed by atoms with van der Waals surface area (Å²) in [7, 11) is 0. The minimum absolute atomic E-state index is 0.239. The standard InChI is InChI=1S/C14H19N3O2/c1-9(2)15-7-14(18)19-8-11-4-5-12-13(6-11)17-10(3)16-12/h4-6,9,15H,7-8H2,1-3H3,(H,16,17). The lowest BCUT2D eigenvalue weighted by Crippen LogP contribution is -2.30. The van der Waals surface area contributed by atoms with Crippen LogP contribution in [0.2, 0.25) is 0 Å². The number of hydrogen-bond donors (Lipinski definition) is 2. The molecule has 1 aromatic carbocycles.